The van der Waals surface area contributed by atoms with E-state index in [1.165, 1.54) is 0 Å². The highest BCUT2D eigenvalue weighted by Crippen LogP contribution is 2.12. The average molecular weight is 214 g/mol. The molecule has 0 saturated heterocycles. The van der Waals surface area contributed by atoms with Crippen molar-refractivity contribution in [1.29, 1.82) is 0 Å². The number of nitrogens with zero attached hydrogens (tertiary/aromatic N) is 1. The Bertz CT molecular complexity index is 176. The fraction of sp³-hybridized carbons (Fsp3) is 0.917. The van der Waals surface area contributed by atoms with Crippen LogP contribution in [0, 0.1) is 5.92 Å². The van der Waals surface area contributed by atoms with Crippen molar-refractivity contribution in [3.05, 3.63) is 0 Å². The Morgan fingerprint density at radius 3 is 2.13 bits per heavy atom. The Hall–Kier alpha value is -0.570. The maximum Gasteiger partial charge on any atom is 0.225 e. The Morgan fingerprint density at radius 2 is 1.73 bits per heavy atom. The molecule has 0 bridgehead atoms. The van der Waals surface area contributed by atoms with Crippen LogP contribution >= 0.6 is 0 Å². The van der Waals surface area contributed by atoms with E-state index in [4.69, 9.17) is 5.73 Å². The Morgan fingerprint density at radius 1 is 1.20 bits per heavy atom. The third kappa shape index (κ3) is 5.78. The van der Waals surface area contributed by atoms with Crippen LogP contribution in [0.25, 0.3) is 0 Å². The summed E-state index contributed by atoms with van der Waals surface area (Å²) in [5.41, 5.74) is 5.67. The van der Waals surface area contributed by atoms with E-state index in [0.717, 1.165) is 32.4 Å². The van der Waals surface area contributed by atoms with Crippen LogP contribution in [0.5, 0.6) is 0 Å². The molecule has 2 N–H and O–H groups in total. The maximum atomic E-state index is 11.9. The molecule has 0 rings (SSSR count). The Balaban J connectivity index is 3.87. The molecule has 0 aliphatic rings. The van der Waals surface area contributed by atoms with Gasteiger partial charge in [0.1, 0.15) is 0 Å². The number of nitrogens with two attached hydrogens (primary N) is 1. The van der Waals surface area contributed by atoms with E-state index in [1.54, 1.807) is 0 Å². The predicted octanol–water partition coefficient (Wildman–Crippen LogP) is 2.01. The average Bonchev–Trinajstić information content (AvgIpc) is 2.18. The fourth-order valence-electron chi connectivity index (χ4n) is 1.72. The zero-order chi connectivity index (χ0) is 11.8. The number of amides is 1. The molecular weight excluding hydrogens is 188 g/mol. The van der Waals surface area contributed by atoms with Crippen molar-refractivity contribution in [3.63, 3.8) is 0 Å². The minimum Gasteiger partial charge on any atom is -0.343 e. The van der Waals surface area contributed by atoms with E-state index in [1.807, 2.05) is 32.6 Å². The second-order valence-corrected chi connectivity index (χ2v) is 4.32. The van der Waals surface area contributed by atoms with Crippen LogP contribution in [0.3, 0.4) is 0 Å². The number of hydrogen-bond donors (Lipinski definition) is 1. The van der Waals surface area contributed by atoms with Crippen LogP contribution in [0.15, 0.2) is 0 Å². The first-order valence-electron chi connectivity index (χ1n) is 6.07. The fourth-order valence-corrected chi connectivity index (χ4v) is 1.72. The van der Waals surface area contributed by atoms with E-state index in [0.29, 0.717) is 0 Å². The Kier molecular flexibility index (Phi) is 7.39. The molecule has 15 heavy (non-hydrogen) atoms. The molecule has 1 amide bonds. The van der Waals surface area contributed by atoms with Crippen molar-refractivity contribution in [2.24, 2.45) is 11.7 Å². The van der Waals surface area contributed by atoms with Crippen molar-refractivity contribution in [2.75, 3.05) is 13.1 Å². The van der Waals surface area contributed by atoms with Crippen molar-refractivity contribution in [2.45, 2.75) is 53.0 Å². The monoisotopic (exact) mass is 214 g/mol. The Labute approximate surface area is 94.0 Å². The number of hydrogen-bond acceptors (Lipinski definition) is 2. The molecule has 0 aromatic rings. The lowest BCUT2D eigenvalue weighted by Gasteiger charge is -2.22. The molecule has 3 nitrogen and oxygen atoms in total. The normalized spacial score (nSPS) is 14.7. The van der Waals surface area contributed by atoms with Gasteiger partial charge in [0.2, 0.25) is 5.91 Å². The summed E-state index contributed by atoms with van der Waals surface area (Å²) < 4.78 is 0. The molecule has 0 spiro atoms. The summed E-state index contributed by atoms with van der Waals surface area (Å²) in [5.74, 6) is 0.424. The molecule has 0 aromatic heterocycles. The molecule has 0 aromatic carbocycles. The van der Waals surface area contributed by atoms with Gasteiger partial charge in [0.05, 0.1) is 0 Å². The minimum absolute atomic E-state index is 0.142. The number of rotatable bonds is 7. The molecule has 0 heterocycles. The first kappa shape index (κ1) is 14.4. The zero-order valence-corrected chi connectivity index (χ0v) is 10.6. The third-order valence-corrected chi connectivity index (χ3v) is 2.79. The van der Waals surface area contributed by atoms with Gasteiger partial charge >= 0.3 is 0 Å². The first-order valence-corrected chi connectivity index (χ1v) is 6.07. The van der Waals surface area contributed by atoms with Crippen LogP contribution in [0.4, 0.5) is 0 Å². The van der Waals surface area contributed by atoms with E-state index >= 15 is 0 Å². The lowest BCUT2D eigenvalue weighted by Crippen LogP contribution is -2.34. The van der Waals surface area contributed by atoms with Crippen LogP contribution in [-0.4, -0.2) is 29.9 Å². The summed E-state index contributed by atoms with van der Waals surface area (Å²) in [6.45, 7) is 9.70. The second kappa shape index (κ2) is 7.69. The first-order chi connectivity index (χ1) is 7.02. The summed E-state index contributed by atoms with van der Waals surface area (Å²) >= 11 is 0. The highest BCUT2D eigenvalue weighted by Gasteiger charge is 2.17. The molecule has 0 fully saturated rings. The summed E-state index contributed by atoms with van der Waals surface area (Å²) in [7, 11) is 0. The molecule has 2 unspecified atom stereocenters. The molecule has 90 valence electrons. The quantitative estimate of drug-likeness (QED) is 0.704. The van der Waals surface area contributed by atoms with Crippen molar-refractivity contribution >= 4 is 5.91 Å². The summed E-state index contributed by atoms with van der Waals surface area (Å²) in [6, 6.07) is 0.251. The number of carbonyl (C=O) groups excluding carboxylic acids is 1. The van der Waals surface area contributed by atoms with Crippen molar-refractivity contribution in [1.82, 2.24) is 4.90 Å². The molecule has 0 radical (unpaired) electrons. The standard InChI is InChI=1S/C12H26N2O/c1-5-14(6-2)12(15)10(3)8-7-9-11(4)13/h10-11H,5-9,13H2,1-4H3. The smallest absolute Gasteiger partial charge is 0.225 e. The summed E-state index contributed by atoms with van der Waals surface area (Å²) in [4.78, 5) is 13.8. The van der Waals surface area contributed by atoms with E-state index in [2.05, 4.69) is 0 Å². The molecular formula is C12H26N2O. The highest BCUT2D eigenvalue weighted by molar-refractivity contribution is 5.78. The summed E-state index contributed by atoms with van der Waals surface area (Å²) in [5, 5.41) is 0. The van der Waals surface area contributed by atoms with Gasteiger partial charge in [-0.15, -0.1) is 0 Å². The van der Waals surface area contributed by atoms with Gasteiger partial charge in [-0.3, -0.25) is 4.79 Å². The topological polar surface area (TPSA) is 46.3 Å². The van der Waals surface area contributed by atoms with Crippen molar-refractivity contribution < 1.29 is 4.79 Å². The van der Waals surface area contributed by atoms with Gasteiger partial charge in [-0.1, -0.05) is 13.3 Å². The minimum atomic E-state index is 0.142. The molecule has 0 aliphatic carbocycles. The van der Waals surface area contributed by atoms with Gasteiger partial charge in [-0.2, -0.15) is 0 Å². The van der Waals surface area contributed by atoms with Gasteiger partial charge in [-0.05, 0) is 33.6 Å². The van der Waals surface area contributed by atoms with Gasteiger partial charge in [0, 0.05) is 25.0 Å². The summed E-state index contributed by atoms with van der Waals surface area (Å²) in [6.07, 6.45) is 3.01. The molecule has 3 heteroatoms. The van der Waals surface area contributed by atoms with Crippen LogP contribution in [-0.2, 0) is 4.79 Å². The van der Waals surface area contributed by atoms with Crippen LogP contribution in [0.2, 0.25) is 0 Å². The van der Waals surface area contributed by atoms with Gasteiger partial charge in [-0.25, -0.2) is 0 Å². The zero-order valence-electron chi connectivity index (χ0n) is 10.6. The van der Waals surface area contributed by atoms with E-state index in [9.17, 15) is 4.79 Å². The van der Waals surface area contributed by atoms with E-state index < -0.39 is 0 Å². The SMILES string of the molecule is CCN(CC)C(=O)C(C)CCCC(C)N. The lowest BCUT2D eigenvalue weighted by atomic mass is 10.0. The highest BCUT2D eigenvalue weighted by atomic mass is 16.2. The molecule has 2 atom stereocenters. The second-order valence-electron chi connectivity index (χ2n) is 4.32. The predicted molar refractivity (Wildman–Crippen MR) is 64.6 cm³/mol. The van der Waals surface area contributed by atoms with Crippen LogP contribution < -0.4 is 5.73 Å². The van der Waals surface area contributed by atoms with Gasteiger partial charge < -0.3 is 10.6 Å². The van der Waals surface area contributed by atoms with E-state index in [-0.39, 0.29) is 17.9 Å². The molecule has 0 saturated carbocycles. The van der Waals surface area contributed by atoms with Gasteiger partial charge in [0.15, 0.2) is 0 Å². The van der Waals surface area contributed by atoms with Gasteiger partial charge in [0.25, 0.3) is 0 Å². The maximum absolute atomic E-state index is 11.9. The van der Waals surface area contributed by atoms with Crippen molar-refractivity contribution in [3.8, 4) is 0 Å². The molecule has 0 aliphatic heterocycles. The number of carbonyl (C=O) groups is 1. The lowest BCUT2D eigenvalue weighted by molar-refractivity contribution is -0.134. The third-order valence-electron chi connectivity index (χ3n) is 2.79. The van der Waals surface area contributed by atoms with Crippen LogP contribution in [0.1, 0.15) is 47.0 Å². The largest absolute Gasteiger partial charge is 0.343 e.